The second-order valence-corrected chi connectivity index (χ2v) is 5.92. The summed E-state index contributed by atoms with van der Waals surface area (Å²) in [5.74, 6) is -1.71. The number of aryl methyl sites for hydroxylation is 1. The number of aliphatic carboxylic acids is 1. The van der Waals surface area contributed by atoms with Gasteiger partial charge < -0.3 is 16.6 Å². The lowest BCUT2D eigenvalue weighted by atomic mass is 9.52. The van der Waals surface area contributed by atoms with E-state index in [2.05, 4.69) is 12.1 Å². The minimum atomic E-state index is -1.49. The first-order chi connectivity index (χ1) is 9.92. The Labute approximate surface area is 124 Å². The summed E-state index contributed by atoms with van der Waals surface area (Å²) in [6, 6.07) is 10.0. The lowest BCUT2D eigenvalue weighted by molar-refractivity contribution is -0.166. The Kier molecular flexibility index (Phi) is 4.32. The molecule has 1 amide bonds. The van der Waals surface area contributed by atoms with Gasteiger partial charge in [-0.05, 0) is 37.7 Å². The first kappa shape index (κ1) is 15.5. The van der Waals surface area contributed by atoms with Crippen LogP contribution in [-0.4, -0.2) is 22.5 Å². The van der Waals surface area contributed by atoms with E-state index in [0.29, 0.717) is 19.3 Å². The van der Waals surface area contributed by atoms with Gasteiger partial charge in [-0.2, -0.15) is 0 Å². The van der Waals surface area contributed by atoms with Gasteiger partial charge in [0.05, 0.1) is 5.41 Å². The highest BCUT2D eigenvalue weighted by Gasteiger charge is 2.64. The summed E-state index contributed by atoms with van der Waals surface area (Å²) in [4.78, 5) is 23.1. The lowest BCUT2D eigenvalue weighted by Gasteiger charge is -2.52. The van der Waals surface area contributed by atoms with Gasteiger partial charge in [-0.15, -0.1) is 0 Å². The molecule has 21 heavy (non-hydrogen) atoms. The van der Waals surface area contributed by atoms with Crippen LogP contribution in [0.1, 0.15) is 37.7 Å². The van der Waals surface area contributed by atoms with Crippen LogP contribution in [0.25, 0.3) is 0 Å². The third-order valence-corrected chi connectivity index (χ3v) is 4.82. The second kappa shape index (κ2) is 5.85. The van der Waals surface area contributed by atoms with Crippen LogP contribution < -0.4 is 11.5 Å². The zero-order valence-corrected chi connectivity index (χ0v) is 12.0. The Morgan fingerprint density at radius 2 is 1.81 bits per heavy atom. The maximum absolute atomic E-state index is 11.8. The summed E-state index contributed by atoms with van der Waals surface area (Å²) in [5, 5.41) is 9.28. The summed E-state index contributed by atoms with van der Waals surface area (Å²) in [6.07, 6.45) is 3.75. The molecule has 0 saturated heterocycles. The lowest BCUT2D eigenvalue weighted by Crippen LogP contribution is -2.72. The maximum Gasteiger partial charge on any atom is 0.324 e. The topological polar surface area (TPSA) is 106 Å². The predicted molar refractivity (Wildman–Crippen MR) is 79.4 cm³/mol. The Bertz CT molecular complexity index is 532. The van der Waals surface area contributed by atoms with Crippen LogP contribution in [0.4, 0.5) is 0 Å². The molecule has 1 aromatic rings. The summed E-state index contributed by atoms with van der Waals surface area (Å²) in [6.45, 7) is 0. The van der Waals surface area contributed by atoms with E-state index < -0.39 is 22.8 Å². The van der Waals surface area contributed by atoms with E-state index in [9.17, 15) is 14.7 Å². The van der Waals surface area contributed by atoms with Crippen LogP contribution in [0.3, 0.4) is 0 Å². The van der Waals surface area contributed by atoms with Crippen molar-refractivity contribution >= 4 is 11.9 Å². The van der Waals surface area contributed by atoms with E-state index in [-0.39, 0.29) is 0 Å². The fourth-order valence-electron chi connectivity index (χ4n) is 3.22. The van der Waals surface area contributed by atoms with Gasteiger partial charge in [0, 0.05) is 0 Å². The summed E-state index contributed by atoms with van der Waals surface area (Å²) >= 11 is 0. The number of nitrogens with two attached hydrogens (primary N) is 2. The van der Waals surface area contributed by atoms with Crippen LogP contribution in [0, 0.1) is 5.41 Å². The molecule has 2 rings (SSSR count). The number of primary amides is 1. The molecule has 1 aliphatic carbocycles. The molecule has 2 unspecified atom stereocenters. The number of hydrogen-bond acceptors (Lipinski definition) is 3. The monoisotopic (exact) mass is 290 g/mol. The standard InChI is InChI=1S/C16H22N2O3/c17-13(19)15(10-11-16(15,18)14(20)21)9-5-4-8-12-6-2-1-3-7-12/h1-3,6-7H,4-5,8-11,18H2,(H2,17,19)(H,20,21). The summed E-state index contributed by atoms with van der Waals surface area (Å²) in [7, 11) is 0. The SMILES string of the molecule is NC(=O)C1(CCCCc2ccccc2)CCC1(N)C(=O)O. The molecule has 2 atom stereocenters. The molecule has 1 aliphatic rings. The number of carbonyl (C=O) groups excluding carboxylic acids is 1. The van der Waals surface area contributed by atoms with Gasteiger partial charge in [-0.1, -0.05) is 36.8 Å². The molecule has 0 aliphatic heterocycles. The molecule has 5 nitrogen and oxygen atoms in total. The average molecular weight is 290 g/mol. The quantitative estimate of drug-likeness (QED) is 0.661. The molecular weight excluding hydrogens is 268 g/mol. The van der Waals surface area contributed by atoms with Crippen LogP contribution in [0.2, 0.25) is 0 Å². The molecule has 0 radical (unpaired) electrons. The Balaban J connectivity index is 1.93. The highest BCUT2D eigenvalue weighted by Crippen LogP contribution is 2.51. The molecule has 0 aromatic heterocycles. The van der Waals surface area contributed by atoms with Gasteiger partial charge in [0.25, 0.3) is 0 Å². The molecule has 0 bridgehead atoms. The van der Waals surface area contributed by atoms with Crippen molar-refractivity contribution < 1.29 is 14.7 Å². The van der Waals surface area contributed by atoms with E-state index >= 15 is 0 Å². The van der Waals surface area contributed by atoms with Crippen molar-refractivity contribution in [2.75, 3.05) is 0 Å². The van der Waals surface area contributed by atoms with Crippen molar-refractivity contribution in [2.24, 2.45) is 16.9 Å². The third-order valence-electron chi connectivity index (χ3n) is 4.82. The van der Waals surface area contributed by atoms with Crippen molar-refractivity contribution in [2.45, 2.75) is 44.1 Å². The minimum Gasteiger partial charge on any atom is -0.480 e. The number of carboxylic acids is 1. The highest BCUT2D eigenvalue weighted by atomic mass is 16.4. The zero-order chi connectivity index (χ0) is 15.5. The maximum atomic E-state index is 11.8. The van der Waals surface area contributed by atoms with Crippen molar-refractivity contribution in [1.82, 2.24) is 0 Å². The van der Waals surface area contributed by atoms with Gasteiger partial charge in [-0.3, -0.25) is 9.59 Å². The molecule has 1 fully saturated rings. The van der Waals surface area contributed by atoms with E-state index in [1.165, 1.54) is 5.56 Å². The van der Waals surface area contributed by atoms with E-state index in [0.717, 1.165) is 19.3 Å². The molecule has 0 spiro atoms. The molecule has 1 aromatic carbocycles. The van der Waals surface area contributed by atoms with Gasteiger partial charge in [0.1, 0.15) is 5.54 Å². The van der Waals surface area contributed by atoms with Crippen LogP contribution >= 0.6 is 0 Å². The molecule has 0 heterocycles. The number of unbranched alkanes of at least 4 members (excludes halogenated alkanes) is 1. The number of hydrogen-bond donors (Lipinski definition) is 3. The van der Waals surface area contributed by atoms with E-state index in [1.807, 2.05) is 18.2 Å². The Morgan fingerprint density at radius 1 is 1.14 bits per heavy atom. The Hall–Kier alpha value is -1.88. The first-order valence-corrected chi connectivity index (χ1v) is 7.28. The largest absolute Gasteiger partial charge is 0.480 e. The second-order valence-electron chi connectivity index (χ2n) is 5.92. The van der Waals surface area contributed by atoms with Gasteiger partial charge in [0.2, 0.25) is 5.91 Å². The van der Waals surface area contributed by atoms with Crippen molar-refractivity contribution in [3.05, 3.63) is 35.9 Å². The smallest absolute Gasteiger partial charge is 0.324 e. The summed E-state index contributed by atoms with van der Waals surface area (Å²) < 4.78 is 0. The van der Waals surface area contributed by atoms with Crippen LogP contribution in [-0.2, 0) is 16.0 Å². The van der Waals surface area contributed by atoms with E-state index in [1.54, 1.807) is 0 Å². The molecule has 5 heteroatoms. The van der Waals surface area contributed by atoms with Gasteiger partial charge in [0.15, 0.2) is 0 Å². The molecule has 114 valence electrons. The number of rotatable bonds is 7. The predicted octanol–water partition coefficient (Wildman–Crippen LogP) is 1.45. The fourth-order valence-corrected chi connectivity index (χ4v) is 3.22. The highest BCUT2D eigenvalue weighted by molar-refractivity contribution is 5.94. The number of benzene rings is 1. The average Bonchev–Trinajstić information content (AvgIpc) is 2.45. The van der Waals surface area contributed by atoms with Crippen molar-refractivity contribution in [1.29, 1.82) is 0 Å². The number of amides is 1. The fraction of sp³-hybridized carbons (Fsp3) is 0.500. The molecule has 5 N–H and O–H groups in total. The normalized spacial score (nSPS) is 27.9. The molecular formula is C16H22N2O3. The van der Waals surface area contributed by atoms with Crippen LogP contribution in [0.15, 0.2) is 30.3 Å². The molecule has 1 saturated carbocycles. The van der Waals surface area contributed by atoms with Crippen molar-refractivity contribution in [3.8, 4) is 0 Å². The first-order valence-electron chi connectivity index (χ1n) is 7.28. The summed E-state index contributed by atoms with van der Waals surface area (Å²) in [5.41, 5.74) is 10.0. The number of carboxylic acid groups (broad SMARTS) is 1. The van der Waals surface area contributed by atoms with Gasteiger partial charge in [-0.25, -0.2) is 0 Å². The van der Waals surface area contributed by atoms with Crippen molar-refractivity contribution in [3.63, 3.8) is 0 Å². The third kappa shape index (κ3) is 2.65. The van der Waals surface area contributed by atoms with E-state index in [4.69, 9.17) is 11.5 Å². The minimum absolute atomic E-state index is 0.309. The van der Waals surface area contributed by atoms with Crippen LogP contribution in [0.5, 0.6) is 0 Å². The number of carbonyl (C=O) groups is 2. The zero-order valence-electron chi connectivity index (χ0n) is 12.0. The van der Waals surface area contributed by atoms with Gasteiger partial charge >= 0.3 is 5.97 Å². The Morgan fingerprint density at radius 3 is 2.29 bits per heavy atom.